The van der Waals surface area contributed by atoms with Crippen LogP contribution in [0.4, 0.5) is 0 Å². The first-order valence-corrected chi connectivity index (χ1v) is 9.15. The monoisotopic (exact) mass is 380 g/mol. The van der Waals surface area contributed by atoms with Crippen molar-refractivity contribution in [3.63, 3.8) is 0 Å². The largest absolute Gasteiger partial charge is 0.454 e. The first-order valence-electron chi connectivity index (χ1n) is 9.15. The van der Waals surface area contributed by atoms with E-state index in [1.54, 1.807) is 33.8 Å². The van der Waals surface area contributed by atoms with E-state index in [0.717, 1.165) is 0 Å². The quantitative estimate of drug-likeness (QED) is 0.425. The number of carbonyl (C=O) groups excluding carboxylic acids is 3. The van der Waals surface area contributed by atoms with Gasteiger partial charge in [0.05, 0.1) is 12.7 Å². The number of aliphatic hydroxyl groups excluding tert-OH is 1. The van der Waals surface area contributed by atoms with Gasteiger partial charge < -0.3 is 19.3 Å². The van der Waals surface area contributed by atoms with Gasteiger partial charge in [-0.3, -0.25) is 4.79 Å². The molecule has 0 amide bonds. The summed E-state index contributed by atoms with van der Waals surface area (Å²) in [5.41, 5.74) is -0.582. The number of allylic oxidation sites excluding steroid dienone is 1. The minimum Gasteiger partial charge on any atom is -0.454 e. The lowest BCUT2D eigenvalue weighted by molar-refractivity contribution is -0.170. The summed E-state index contributed by atoms with van der Waals surface area (Å²) in [5.74, 6) is -2.32. The van der Waals surface area contributed by atoms with Gasteiger partial charge >= 0.3 is 11.9 Å². The Balaban J connectivity index is 2.33. The number of rotatable bonds is 6. The molecule has 0 bridgehead atoms. The Bertz CT molecular complexity index is 690. The van der Waals surface area contributed by atoms with Crippen LogP contribution in [0.3, 0.4) is 0 Å². The third-order valence-electron chi connectivity index (χ3n) is 5.39. The minimum absolute atomic E-state index is 0.0653. The molecule has 7 nitrogen and oxygen atoms in total. The van der Waals surface area contributed by atoms with Gasteiger partial charge in [0.25, 0.3) is 0 Å². The van der Waals surface area contributed by atoms with Crippen molar-refractivity contribution in [1.82, 2.24) is 0 Å². The summed E-state index contributed by atoms with van der Waals surface area (Å²) in [5, 5.41) is 9.55. The van der Waals surface area contributed by atoms with Crippen molar-refractivity contribution < 1.29 is 33.7 Å². The molecule has 1 heterocycles. The summed E-state index contributed by atoms with van der Waals surface area (Å²) < 4.78 is 16.4. The van der Waals surface area contributed by atoms with Crippen LogP contribution in [0.5, 0.6) is 0 Å². The van der Waals surface area contributed by atoms with E-state index in [0.29, 0.717) is 5.57 Å². The van der Waals surface area contributed by atoms with Crippen LogP contribution in [0.15, 0.2) is 23.3 Å². The zero-order chi connectivity index (χ0) is 20.5. The van der Waals surface area contributed by atoms with Crippen LogP contribution in [-0.4, -0.2) is 53.3 Å². The smallest absolute Gasteiger partial charge is 0.341 e. The molecule has 1 aliphatic carbocycles. The summed E-state index contributed by atoms with van der Waals surface area (Å²) in [4.78, 5) is 37.5. The fraction of sp³-hybridized carbons (Fsp3) is 0.650. The molecule has 2 aliphatic rings. The van der Waals surface area contributed by atoms with Crippen LogP contribution in [0.2, 0.25) is 0 Å². The molecule has 0 spiro atoms. The predicted molar refractivity (Wildman–Crippen MR) is 96.6 cm³/mol. The van der Waals surface area contributed by atoms with Crippen LogP contribution < -0.4 is 0 Å². The molecule has 0 unspecified atom stereocenters. The molecular weight excluding hydrogens is 352 g/mol. The second-order valence-corrected chi connectivity index (χ2v) is 7.57. The average molecular weight is 380 g/mol. The van der Waals surface area contributed by atoms with Crippen molar-refractivity contribution in [2.75, 3.05) is 6.61 Å². The number of esters is 2. The Hall–Kier alpha value is -1.99. The topological polar surface area (TPSA) is 102 Å². The van der Waals surface area contributed by atoms with Crippen molar-refractivity contribution in [2.45, 2.75) is 65.5 Å². The van der Waals surface area contributed by atoms with Gasteiger partial charge in [-0.05, 0) is 39.7 Å². The molecule has 5 atom stereocenters. The van der Waals surface area contributed by atoms with E-state index in [2.05, 4.69) is 0 Å². The Morgan fingerprint density at radius 2 is 1.96 bits per heavy atom. The molecule has 1 aliphatic heterocycles. The number of epoxide rings is 1. The Kier molecular flexibility index (Phi) is 6.27. The fourth-order valence-corrected chi connectivity index (χ4v) is 3.14. The zero-order valence-electron chi connectivity index (χ0n) is 16.6. The van der Waals surface area contributed by atoms with E-state index in [9.17, 15) is 19.5 Å². The van der Waals surface area contributed by atoms with Gasteiger partial charge in [-0.25, -0.2) is 9.59 Å². The number of Topliss-reactive ketones (excluding diaryl/α,β-unsaturated/α-hetero) is 1. The van der Waals surface area contributed by atoms with Crippen molar-refractivity contribution in [3.05, 3.63) is 23.3 Å². The lowest BCUT2D eigenvalue weighted by Crippen LogP contribution is -2.50. The second-order valence-electron chi connectivity index (χ2n) is 7.57. The SMILES string of the molecule is C/C=C(/C)C(=O)O[C@@H]1C=C(CO)C(=O)[C@@H](OC(=O)[C@]2(C)O[C@@H]2C)[C@@H]1C(C)C. The number of ether oxygens (including phenoxy) is 3. The molecule has 0 aromatic rings. The van der Waals surface area contributed by atoms with Crippen LogP contribution >= 0.6 is 0 Å². The lowest BCUT2D eigenvalue weighted by Gasteiger charge is -2.37. The normalized spacial score (nSPS) is 33.6. The van der Waals surface area contributed by atoms with Crippen LogP contribution in [0.25, 0.3) is 0 Å². The number of aliphatic hydroxyl groups is 1. The maximum atomic E-state index is 12.8. The lowest BCUT2D eigenvalue weighted by atomic mass is 9.77. The maximum Gasteiger partial charge on any atom is 0.341 e. The van der Waals surface area contributed by atoms with E-state index >= 15 is 0 Å². The summed E-state index contributed by atoms with van der Waals surface area (Å²) in [6.45, 7) is 9.88. The summed E-state index contributed by atoms with van der Waals surface area (Å²) in [6, 6.07) is 0. The second kappa shape index (κ2) is 7.94. The zero-order valence-corrected chi connectivity index (χ0v) is 16.6. The minimum atomic E-state index is -1.15. The first kappa shape index (κ1) is 21.3. The molecule has 0 aromatic heterocycles. The molecule has 2 rings (SSSR count). The molecule has 0 saturated carbocycles. The van der Waals surface area contributed by atoms with Crippen LogP contribution in [0, 0.1) is 11.8 Å². The highest BCUT2D eigenvalue weighted by molar-refractivity contribution is 6.02. The van der Waals surface area contributed by atoms with Crippen LogP contribution in [-0.2, 0) is 28.6 Å². The van der Waals surface area contributed by atoms with Gasteiger partial charge in [-0.1, -0.05) is 19.9 Å². The molecule has 27 heavy (non-hydrogen) atoms. The highest BCUT2D eigenvalue weighted by Crippen LogP contribution is 2.39. The van der Waals surface area contributed by atoms with E-state index in [1.165, 1.54) is 6.08 Å². The molecule has 1 saturated heterocycles. The van der Waals surface area contributed by atoms with Gasteiger partial charge in [0, 0.05) is 17.1 Å². The number of carbonyl (C=O) groups is 3. The van der Waals surface area contributed by atoms with E-state index in [-0.39, 0.29) is 17.6 Å². The maximum absolute atomic E-state index is 12.8. The highest BCUT2D eigenvalue weighted by atomic mass is 16.7. The van der Waals surface area contributed by atoms with Gasteiger partial charge in [0.2, 0.25) is 5.78 Å². The Labute approximate surface area is 159 Å². The van der Waals surface area contributed by atoms with Gasteiger partial charge in [-0.15, -0.1) is 0 Å². The Morgan fingerprint density at radius 3 is 2.41 bits per heavy atom. The van der Waals surface area contributed by atoms with Crippen LogP contribution in [0.1, 0.15) is 41.5 Å². The number of hydrogen-bond donors (Lipinski definition) is 1. The van der Waals surface area contributed by atoms with E-state index in [4.69, 9.17) is 14.2 Å². The summed E-state index contributed by atoms with van der Waals surface area (Å²) in [6.07, 6.45) is 0.842. The van der Waals surface area contributed by atoms with E-state index < -0.39 is 48.1 Å². The van der Waals surface area contributed by atoms with Crippen molar-refractivity contribution in [1.29, 1.82) is 0 Å². The van der Waals surface area contributed by atoms with Crippen molar-refractivity contribution >= 4 is 17.7 Å². The van der Waals surface area contributed by atoms with Gasteiger partial charge in [0.1, 0.15) is 6.10 Å². The van der Waals surface area contributed by atoms with E-state index in [1.807, 2.05) is 13.8 Å². The van der Waals surface area contributed by atoms with Crippen molar-refractivity contribution in [2.24, 2.45) is 11.8 Å². The molecule has 7 heteroatoms. The standard InChI is InChI=1S/C20H28O7/c1-7-11(4)18(23)25-14-8-13(9-21)16(22)17(15(14)10(2)3)26-19(24)20(6)12(5)27-20/h7-8,10,12,14-15,17,21H,9H2,1-6H3/b11-7-/t12-,14-,15-,17+,20-/m1/s1. The van der Waals surface area contributed by atoms with Gasteiger partial charge in [0.15, 0.2) is 11.7 Å². The predicted octanol–water partition coefficient (Wildman–Crippen LogP) is 1.73. The molecule has 0 aromatic carbocycles. The number of ketones is 1. The molecule has 150 valence electrons. The Morgan fingerprint density at radius 1 is 1.37 bits per heavy atom. The summed E-state index contributed by atoms with van der Waals surface area (Å²) in [7, 11) is 0. The first-order chi connectivity index (χ1) is 12.6. The average Bonchev–Trinajstić information content (AvgIpc) is 3.24. The third kappa shape index (κ3) is 4.14. The molecule has 0 radical (unpaired) electrons. The molecular formula is C20H28O7. The highest BCUT2D eigenvalue weighted by Gasteiger charge is 2.59. The number of hydrogen-bond acceptors (Lipinski definition) is 7. The molecule has 1 N–H and O–H groups in total. The third-order valence-corrected chi connectivity index (χ3v) is 5.39. The molecule has 1 fully saturated rings. The van der Waals surface area contributed by atoms with Crippen molar-refractivity contribution in [3.8, 4) is 0 Å². The summed E-state index contributed by atoms with van der Waals surface area (Å²) >= 11 is 0. The van der Waals surface area contributed by atoms with Gasteiger partial charge in [-0.2, -0.15) is 0 Å². The fourth-order valence-electron chi connectivity index (χ4n) is 3.14.